The minimum absolute atomic E-state index is 0.0390. The van der Waals surface area contributed by atoms with Gasteiger partial charge < -0.3 is 5.32 Å². The number of rotatable bonds is 7. The van der Waals surface area contributed by atoms with Gasteiger partial charge in [-0.25, -0.2) is 8.42 Å². The fraction of sp³-hybridized carbons (Fsp3) is 0.400. The Kier molecular flexibility index (Phi) is 6.77. The van der Waals surface area contributed by atoms with Gasteiger partial charge in [0, 0.05) is 36.5 Å². The van der Waals surface area contributed by atoms with Crippen LogP contribution in [0.25, 0.3) is 0 Å². The summed E-state index contributed by atoms with van der Waals surface area (Å²) in [5.41, 5.74) is 1.30. The first-order valence-electron chi connectivity index (χ1n) is 9.42. The highest BCUT2D eigenvalue weighted by Gasteiger charge is 2.22. The van der Waals surface area contributed by atoms with Crippen molar-refractivity contribution in [1.29, 1.82) is 0 Å². The molecule has 1 N–H and O–H groups in total. The van der Waals surface area contributed by atoms with E-state index in [0.29, 0.717) is 18.2 Å². The van der Waals surface area contributed by atoms with E-state index in [1.54, 1.807) is 0 Å². The molecule has 1 heterocycles. The van der Waals surface area contributed by atoms with E-state index in [4.69, 9.17) is 11.6 Å². The number of nitrogens with one attached hydrogen (secondary N) is 1. The number of piperidine rings is 1. The van der Waals surface area contributed by atoms with Crippen LogP contribution >= 0.6 is 11.6 Å². The monoisotopic (exact) mass is 437 g/mol. The molecule has 2 aromatic carbocycles. The van der Waals surface area contributed by atoms with E-state index in [1.807, 2.05) is 24.3 Å². The Hall–Kier alpha value is -2.16. The molecule has 29 heavy (non-hydrogen) atoms. The third-order valence-electron chi connectivity index (χ3n) is 5.22. The number of nitrogens with zero attached hydrogens (tertiary/aromatic N) is 2. The Morgan fingerprint density at radius 2 is 1.90 bits per heavy atom. The van der Waals surface area contributed by atoms with E-state index in [0.717, 1.165) is 55.4 Å². The number of non-ortho nitro benzene ring substituents is 1. The van der Waals surface area contributed by atoms with Crippen molar-refractivity contribution in [2.24, 2.45) is 5.92 Å². The van der Waals surface area contributed by atoms with Gasteiger partial charge in [0.2, 0.25) is 0 Å². The first-order chi connectivity index (χ1) is 13.7. The molecule has 1 aliphatic rings. The molecule has 1 aliphatic heterocycles. The Balaban J connectivity index is 1.58. The van der Waals surface area contributed by atoms with Crippen molar-refractivity contribution in [2.45, 2.75) is 24.3 Å². The van der Waals surface area contributed by atoms with Gasteiger partial charge in [0.1, 0.15) is 0 Å². The maximum Gasteiger partial charge on any atom is 0.270 e. The van der Waals surface area contributed by atoms with E-state index in [-0.39, 0.29) is 10.6 Å². The van der Waals surface area contributed by atoms with Gasteiger partial charge in [-0.2, -0.15) is 0 Å². The number of anilines is 1. The Bertz CT molecular complexity index is 989. The van der Waals surface area contributed by atoms with Crippen LogP contribution in [0.15, 0.2) is 47.4 Å². The number of benzene rings is 2. The van der Waals surface area contributed by atoms with Crippen molar-refractivity contribution in [3.63, 3.8) is 0 Å². The molecule has 156 valence electrons. The normalized spacial score (nSPS) is 15.9. The Morgan fingerprint density at radius 1 is 1.21 bits per heavy atom. The number of sulfone groups is 1. The third kappa shape index (κ3) is 5.68. The van der Waals surface area contributed by atoms with Crippen LogP contribution in [0.4, 0.5) is 11.4 Å². The molecule has 0 bridgehead atoms. The predicted octanol–water partition coefficient (Wildman–Crippen LogP) is 3.98. The molecule has 0 radical (unpaired) electrons. The first-order valence-corrected chi connectivity index (χ1v) is 11.7. The van der Waals surface area contributed by atoms with Gasteiger partial charge in [-0.3, -0.25) is 15.0 Å². The van der Waals surface area contributed by atoms with Gasteiger partial charge in [-0.1, -0.05) is 29.8 Å². The zero-order valence-electron chi connectivity index (χ0n) is 16.2. The molecule has 0 aromatic heterocycles. The lowest BCUT2D eigenvalue weighted by Gasteiger charge is -2.32. The van der Waals surface area contributed by atoms with Crippen LogP contribution in [-0.2, 0) is 16.4 Å². The number of hydrogen-bond donors (Lipinski definition) is 1. The third-order valence-corrected chi connectivity index (χ3v) is 6.72. The highest BCUT2D eigenvalue weighted by atomic mass is 35.5. The SMILES string of the molecule is CS(=O)(=O)c1cc([N+](=O)[O-])ccc1NCC1CCN(Cc2ccccc2Cl)CC1. The molecule has 0 saturated carbocycles. The van der Waals surface area contributed by atoms with Crippen LogP contribution in [0.5, 0.6) is 0 Å². The van der Waals surface area contributed by atoms with Crippen LogP contribution in [0, 0.1) is 16.0 Å². The second-order valence-electron chi connectivity index (χ2n) is 7.40. The van der Waals surface area contributed by atoms with Crippen LogP contribution in [0.2, 0.25) is 5.02 Å². The van der Waals surface area contributed by atoms with Crippen molar-refractivity contribution >= 4 is 32.8 Å². The molecule has 0 spiro atoms. The van der Waals surface area contributed by atoms with E-state index in [9.17, 15) is 18.5 Å². The summed E-state index contributed by atoms with van der Waals surface area (Å²) in [5, 5.41) is 14.9. The highest BCUT2D eigenvalue weighted by Crippen LogP contribution is 2.28. The van der Waals surface area contributed by atoms with Crippen molar-refractivity contribution in [3.05, 3.63) is 63.2 Å². The summed E-state index contributed by atoms with van der Waals surface area (Å²) in [6.45, 7) is 3.33. The van der Waals surface area contributed by atoms with Crippen molar-refractivity contribution in [1.82, 2.24) is 4.90 Å². The van der Waals surface area contributed by atoms with Gasteiger partial charge in [0.05, 0.1) is 15.5 Å². The van der Waals surface area contributed by atoms with Gasteiger partial charge in [0.15, 0.2) is 9.84 Å². The van der Waals surface area contributed by atoms with E-state index in [1.165, 1.54) is 12.1 Å². The average molecular weight is 438 g/mol. The second-order valence-corrected chi connectivity index (χ2v) is 9.79. The molecule has 0 aliphatic carbocycles. The van der Waals surface area contributed by atoms with Gasteiger partial charge in [-0.15, -0.1) is 0 Å². The molecule has 7 nitrogen and oxygen atoms in total. The lowest BCUT2D eigenvalue weighted by molar-refractivity contribution is -0.385. The number of halogens is 1. The maximum atomic E-state index is 12.0. The zero-order chi connectivity index (χ0) is 21.0. The van der Waals surface area contributed by atoms with Crippen LogP contribution in [0.1, 0.15) is 18.4 Å². The lowest BCUT2D eigenvalue weighted by Crippen LogP contribution is -2.35. The standard InChI is InChI=1S/C20H24ClN3O4S/c1-29(27,28)20-12-17(24(25)26)6-7-19(20)22-13-15-8-10-23(11-9-15)14-16-4-2-3-5-18(16)21/h2-7,12,15,22H,8-11,13-14H2,1H3. The Morgan fingerprint density at radius 3 is 2.52 bits per heavy atom. The van der Waals surface area contributed by atoms with E-state index >= 15 is 0 Å². The van der Waals surface area contributed by atoms with E-state index < -0.39 is 14.8 Å². The van der Waals surface area contributed by atoms with E-state index in [2.05, 4.69) is 10.2 Å². The fourth-order valence-corrected chi connectivity index (χ4v) is 4.62. The molecule has 1 fully saturated rings. The predicted molar refractivity (Wildman–Crippen MR) is 114 cm³/mol. The fourth-order valence-electron chi connectivity index (χ4n) is 3.55. The van der Waals surface area contributed by atoms with Crippen LogP contribution in [0.3, 0.4) is 0 Å². The second kappa shape index (κ2) is 9.11. The number of nitro benzene ring substituents is 1. The van der Waals surface area contributed by atoms with Gasteiger partial charge in [-0.05, 0) is 49.5 Å². The molecule has 1 saturated heterocycles. The number of nitro groups is 1. The smallest absolute Gasteiger partial charge is 0.270 e. The largest absolute Gasteiger partial charge is 0.384 e. The number of likely N-dealkylation sites (tertiary alicyclic amines) is 1. The summed E-state index contributed by atoms with van der Waals surface area (Å²) in [7, 11) is -3.58. The summed E-state index contributed by atoms with van der Waals surface area (Å²) >= 11 is 6.24. The molecule has 0 unspecified atom stereocenters. The average Bonchev–Trinajstić information content (AvgIpc) is 2.68. The zero-order valence-corrected chi connectivity index (χ0v) is 17.7. The molecular formula is C20H24ClN3O4S. The summed E-state index contributed by atoms with van der Waals surface area (Å²) in [6, 6.07) is 11.8. The quantitative estimate of drug-likeness (QED) is 0.520. The highest BCUT2D eigenvalue weighted by molar-refractivity contribution is 7.90. The minimum atomic E-state index is -3.58. The van der Waals surface area contributed by atoms with Crippen molar-refractivity contribution < 1.29 is 13.3 Å². The van der Waals surface area contributed by atoms with Gasteiger partial charge >= 0.3 is 0 Å². The van der Waals surface area contributed by atoms with Crippen LogP contribution < -0.4 is 5.32 Å². The topological polar surface area (TPSA) is 92.5 Å². The molecule has 3 rings (SSSR count). The molecular weight excluding hydrogens is 414 g/mol. The maximum absolute atomic E-state index is 12.0. The molecule has 0 atom stereocenters. The number of hydrogen-bond acceptors (Lipinski definition) is 6. The molecule has 9 heteroatoms. The lowest BCUT2D eigenvalue weighted by atomic mass is 9.96. The Labute approximate surface area is 175 Å². The summed E-state index contributed by atoms with van der Waals surface area (Å²) in [4.78, 5) is 12.7. The summed E-state index contributed by atoms with van der Waals surface area (Å²) in [5.74, 6) is 0.403. The molecule has 0 amide bonds. The van der Waals surface area contributed by atoms with Crippen molar-refractivity contribution in [2.75, 3.05) is 31.2 Å². The summed E-state index contributed by atoms with van der Waals surface area (Å²) in [6.07, 6.45) is 3.03. The van der Waals surface area contributed by atoms with Crippen LogP contribution in [-0.4, -0.2) is 44.1 Å². The minimum Gasteiger partial charge on any atom is -0.384 e. The molecule has 2 aromatic rings. The van der Waals surface area contributed by atoms with Gasteiger partial charge in [0.25, 0.3) is 5.69 Å². The van der Waals surface area contributed by atoms with Crippen molar-refractivity contribution in [3.8, 4) is 0 Å². The first kappa shape index (κ1) is 21.5. The summed E-state index contributed by atoms with van der Waals surface area (Å²) < 4.78 is 24.1.